The molecular formula is C14H17N3O3S3. The number of hydrogen-bond acceptors (Lipinski definition) is 7. The van der Waals surface area contributed by atoms with Crippen molar-refractivity contribution in [3.05, 3.63) is 35.3 Å². The molecule has 1 atom stereocenters. The Morgan fingerprint density at radius 3 is 2.52 bits per heavy atom. The molecule has 0 bridgehead atoms. The lowest BCUT2D eigenvalue weighted by molar-refractivity contribution is -0.128. The maximum atomic E-state index is 12.2. The van der Waals surface area contributed by atoms with Gasteiger partial charge in [0.2, 0.25) is 5.91 Å². The number of sulfone groups is 1. The van der Waals surface area contributed by atoms with E-state index in [1.807, 2.05) is 6.92 Å². The topological polar surface area (TPSA) is 80.2 Å². The van der Waals surface area contributed by atoms with Crippen LogP contribution in [0.15, 0.2) is 39.0 Å². The summed E-state index contributed by atoms with van der Waals surface area (Å²) in [6.45, 7) is 1.91. The minimum Gasteiger partial charge on any atom is -0.338 e. The molecule has 124 valence electrons. The lowest BCUT2D eigenvalue weighted by Crippen LogP contribution is -2.31. The number of nitrogens with zero attached hydrogens (tertiary/aromatic N) is 3. The van der Waals surface area contributed by atoms with Crippen molar-refractivity contribution in [2.24, 2.45) is 0 Å². The van der Waals surface area contributed by atoms with Gasteiger partial charge in [0, 0.05) is 13.3 Å². The number of aromatic nitrogens is 2. The molecule has 23 heavy (non-hydrogen) atoms. The first-order valence-corrected chi connectivity index (χ1v) is 10.5. The van der Waals surface area contributed by atoms with Crippen LogP contribution in [0.4, 0.5) is 0 Å². The van der Waals surface area contributed by atoms with Gasteiger partial charge in [0.1, 0.15) is 5.51 Å². The Hall–Kier alpha value is -1.45. The molecule has 2 rings (SSSR count). The molecule has 1 aromatic heterocycles. The number of rotatable bonds is 6. The highest BCUT2D eigenvalue weighted by Crippen LogP contribution is 2.24. The molecule has 9 heteroatoms. The van der Waals surface area contributed by atoms with Crippen molar-refractivity contribution in [1.82, 2.24) is 15.1 Å². The highest BCUT2D eigenvalue weighted by molar-refractivity contribution is 8.01. The quantitative estimate of drug-likeness (QED) is 0.725. The Kier molecular flexibility index (Phi) is 5.77. The predicted octanol–water partition coefficient (Wildman–Crippen LogP) is 2.25. The number of carbonyl (C=O) groups is 1. The fourth-order valence-corrected chi connectivity index (χ4v) is 3.93. The van der Waals surface area contributed by atoms with E-state index in [1.54, 1.807) is 41.7 Å². The van der Waals surface area contributed by atoms with Crippen LogP contribution in [-0.2, 0) is 14.6 Å². The van der Waals surface area contributed by atoms with E-state index < -0.39 is 9.84 Å². The molecular weight excluding hydrogens is 354 g/mol. The van der Waals surface area contributed by atoms with Gasteiger partial charge in [-0.15, -0.1) is 10.2 Å². The van der Waals surface area contributed by atoms with Gasteiger partial charge in [-0.25, -0.2) is 8.42 Å². The third-order valence-corrected chi connectivity index (χ3v) is 6.40. The minimum absolute atomic E-state index is 0.0233. The van der Waals surface area contributed by atoms with Crippen LogP contribution in [0, 0.1) is 0 Å². The van der Waals surface area contributed by atoms with E-state index in [1.165, 1.54) is 29.4 Å². The van der Waals surface area contributed by atoms with Crippen LogP contribution < -0.4 is 0 Å². The SMILES string of the molecule is CC(c1ccc(S(C)(=O)=O)cc1)N(C)C(=O)CSc1nncs1. The van der Waals surface area contributed by atoms with Crippen LogP contribution in [0.5, 0.6) is 0 Å². The molecule has 0 aliphatic rings. The third kappa shape index (κ3) is 4.76. The summed E-state index contributed by atoms with van der Waals surface area (Å²) in [7, 11) is -1.48. The van der Waals surface area contributed by atoms with Crippen LogP contribution in [0.1, 0.15) is 18.5 Å². The molecule has 1 amide bonds. The average molecular weight is 372 g/mol. The first kappa shape index (κ1) is 17.9. The Bertz CT molecular complexity index is 758. The van der Waals surface area contributed by atoms with Crippen LogP contribution in [0.3, 0.4) is 0 Å². The van der Waals surface area contributed by atoms with Crippen molar-refractivity contribution in [3.63, 3.8) is 0 Å². The van der Waals surface area contributed by atoms with E-state index in [4.69, 9.17) is 0 Å². The van der Waals surface area contributed by atoms with E-state index in [2.05, 4.69) is 10.2 Å². The molecule has 2 aromatic rings. The minimum atomic E-state index is -3.21. The maximum Gasteiger partial charge on any atom is 0.233 e. The summed E-state index contributed by atoms with van der Waals surface area (Å²) in [4.78, 5) is 14.2. The largest absolute Gasteiger partial charge is 0.338 e. The summed E-state index contributed by atoms with van der Waals surface area (Å²) >= 11 is 2.75. The van der Waals surface area contributed by atoms with Gasteiger partial charge in [0.05, 0.1) is 16.7 Å². The molecule has 6 nitrogen and oxygen atoms in total. The van der Waals surface area contributed by atoms with E-state index in [0.717, 1.165) is 9.90 Å². The zero-order valence-electron chi connectivity index (χ0n) is 13.0. The van der Waals surface area contributed by atoms with Crippen LogP contribution in [0.2, 0.25) is 0 Å². The molecule has 0 saturated heterocycles. The molecule has 1 heterocycles. The fourth-order valence-electron chi connectivity index (χ4n) is 1.88. The Labute approximate surface area is 143 Å². The molecule has 1 unspecified atom stereocenters. The second-order valence-electron chi connectivity index (χ2n) is 5.02. The zero-order chi connectivity index (χ0) is 17.0. The Morgan fingerprint density at radius 2 is 2.00 bits per heavy atom. The fraction of sp³-hybridized carbons (Fsp3) is 0.357. The summed E-state index contributed by atoms with van der Waals surface area (Å²) in [6, 6.07) is 6.46. The maximum absolute atomic E-state index is 12.2. The second kappa shape index (κ2) is 7.41. The van der Waals surface area contributed by atoms with Crippen molar-refractivity contribution in [2.75, 3.05) is 19.1 Å². The number of benzene rings is 1. The lowest BCUT2D eigenvalue weighted by Gasteiger charge is -2.25. The summed E-state index contributed by atoms with van der Waals surface area (Å²) in [5.74, 6) is 0.266. The number of carbonyl (C=O) groups excluding carboxylic acids is 1. The predicted molar refractivity (Wildman–Crippen MR) is 91.4 cm³/mol. The molecule has 0 N–H and O–H groups in total. The summed E-state index contributed by atoms with van der Waals surface area (Å²) in [5, 5.41) is 7.62. The first-order valence-electron chi connectivity index (χ1n) is 6.73. The van der Waals surface area contributed by atoms with Gasteiger partial charge in [-0.1, -0.05) is 35.2 Å². The highest BCUT2D eigenvalue weighted by Gasteiger charge is 2.18. The molecule has 1 aromatic carbocycles. The second-order valence-corrected chi connectivity index (χ2v) is 9.09. The van der Waals surface area contributed by atoms with Gasteiger partial charge < -0.3 is 4.90 Å². The molecule has 0 saturated carbocycles. The number of thioether (sulfide) groups is 1. The molecule has 0 aliphatic heterocycles. The number of amides is 1. The molecule has 0 fully saturated rings. The number of hydrogen-bond donors (Lipinski definition) is 0. The lowest BCUT2D eigenvalue weighted by atomic mass is 10.1. The van der Waals surface area contributed by atoms with Crippen LogP contribution in [0.25, 0.3) is 0 Å². The van der Waals surface area contributed by atoms with Gasteiger partial charge in [0.15, 0.2) is 14.2 Å². The van der Waals surface area contributed by atoms with E-state index in [-0.39, 0.29) is 22.6 Å². The van der Waals surface area contributed by atoms with Gasteiger partial charge in [-0.3, -0.25) is 4.79 Å². The van der Waals surface area contributed by atoms with Gasteiger partial charge in [-0.05, 0) is 24.6 Å². The zero-order valence-corrected chi connectivity index (χ0v) is 15.4. The van der Waals surface area contributed by atoms with Gasteiger partial charge in [-0.2, -0.15) is 0 Å². The first-order chi connectivity index (χ1) is 10.8. The van der Waals surface area contributed by atoms with Crippen LogP contribution in [-0.4, -0.2) is 48.5 Å². The average Bonchev–Trinajstić information content (AvgIpc) is 3.04. The Morgan fingerprint density at radius 1 is 1.35 bits per heavy atom. The standard InChI is InChI=1S/C14H17N3O3S3/c1-10(11-4-6-12(7-5-11)23(3,19)20)17(2)13(18)8-21-14-16-15-9-22-14/h4-7,9-10H,8H2,1-3H3. The van der Waals surface area contributed by atoms with E-state index in [9.17, 15) is 13.2 Å². The van der Waals surface area contributed by atoms with Crippen LogP contribution >= 0.6 is 23.1 Å². The van der Waals surface area contributed by atoms with Crippen molar-refractivity contribution < 1.29 is 13.2 Å². The summed E-state index contributed by atoms with van der Waals surface area (Å²) < 4.78 is 23.7. The van der Waals surface area contributed by atoms with Crippen molar-refractivity contribution in [3.8, 4) is 0 Å². The normalized spacial score (nSPS) is 12.8. The van der Waals surface area contributed by atoms with Crippen molar-refractivity contribution in [2.45, 2.75) is 22.2 Å². The third-order valence-electron chi connectivity index (χ3n) is 3.42. The van der Waals surface area contributed by atoms with Crippen molar-refractivity contribution in [1.29, 1.82) is 0 Å². The molecule has 0 aliphatic carbocycles. The monoisotopic (exact) mass is 371 g/mol. The highest BCUT2D eigenvalue weighted by atomic mass is 32.2. The van der Waals surface area contributed by atoms with Gasteiger partial charge >= 0.3 is 0 Å². The molecule has 0 radical (unpaired) electrons. The Balaban J connectivity index is 2.00. The van der Waals surface area contributed by atoms with E-state index >= 15 is 0 Å². The van der Waals surface area contributed by atoms with E-state index in [0.29, 0.717) is 0 Å². The summed E-state index contributed by atoms with van der Waals surface area (Å²) in [6.07, 6.45) is 1.17. The molecule has 0 spiro atoms. The smallest absolute Gasteiger partial charge is 0.233 e. The van der Waals surface area contributed by atoms with Gasteiger partial charge in [0.25, 0.3) is 0 Å². The van der Waals surface area contributed by atoms with Crippen molar-refractivity contribution >= 4 is 38.8 Å². The summed E-state index contributed by atoms with van der Waals surface area (Å²) in [5.41, 5.74) is 2.51.